The molecular weight excluding hydrogens is 376 g/mol. The van der Waals surface area contributed by atoms with E-state index in [0.717, 1.165) is 0 Å². The molecule has 9 heteroatoms. The lowest BCUT2D eigenvalue weighted by atomic mass is 10.1. The van der Waals surface area contributed by atoms with Crippen molar-refractivity contribution in [3.05, 3.63) is 63.4 Å². The van der Waals surface area contributed by atoms with Gasteiger partial charge in [-0.1, -0.05) is 19.9 Å². The van der Waals surface area contributed by atoms with E-state index in [4.69, 9.17) is 5.41 Å². The molecule has 0 aliphatic heterocycles. The maximum absolute atomic E-state index is 13.0. The summed E-state index contributed by atoms with van der Waals surface area (Å²) in [6, 6.07) is 6.75. The van der Waals surface area contributed by atoms with Crippen molar-refractivity contribution in [2.24, 2.45) is 5.92 Å². The first-order chi connectivity index (χ1) is 13.5. The van der Waals surface area contributed by atoms with Gasteiger partial charge in [0.1, 0.15) is 16.8 Å². The summed E-state index contributed by atoms with van der Waals surface area (Å²) in [6.07, 6.45) is 3.23. The molecular formula is C19H18N6O2S. The molecule has 1 amide bonds. The number of nitrogens with one attached hydrogen (secondary N) is 2. The van der Waals surface area contributed by atoms with Gasteiger partial charge in [0.25, 0.3) is 11.5 Å². The zero-order chi connectivity index (χ0) is 19.8. The maximum atomic E-state index is 13.0. The molecule has 0 saturated heterocycles. The lowest BCUT2D eigenvalue weighted by Gasteiger charge is -2.16. The van der Waals surface area contributed by atoms with Crippen molar-refractivity contribution in [3.8, 4) is 0 Å². The molecule has 0 saturated carbocycles. The largest absolute Gasteiger partial charge is 0.310 e. The van der Waals surface area contributed by atoms with Crippen molar-refractivity contribution in [1.82, 2.24) is 18.9 Å². The highest BCUT2D eigenvalue weighted by molar-refractivity contribution is 7.13. The molecule has 4 rings (SSSR count). The SMILES string of the molecule is CC(C)Cn1c(=N)c(C(=O)Nc2nccs2)cc2c(=O)n3ccccc3nc21. The number of carbonyl (C=O) groups excluding carboxylic acids is 1. The monoisotopic (exact) mass is 394 g/mol. The Morgan fingerprint density at radius 1 is 1.36 bits per heavy atom. The summed E-state index contributed by atoms with van der Waals surface area (Å²) in [5.74, 6) is -0.275. The van der Waals surface area contributed by atoms with Gasteiger partial charge in [-0.3, -0.25) is 24.7 Å². The van der Waals surface area contributed by atoms with Crippen LogP contribution in [0.25, 0.3) is 16.7 Å². The van der Waals surface area contributed by atoms with Crippen LogP contribution in [0.4, 0.5) is 5.13 Å². The van der Waals surface area contributed by atoms with Crippen molar-refractivity contribution >= 4 is 39.1 Å². The summed E-state index contributed by atoms with van der Waals surface area (Å²) in [4.78, 5) is 34.5. The van der Waals surface area contributed by atoms with Crippen LogP contribution < -0.4 is 16.4 Å². The zero-order valence-electron chi connectivity index (χ0n) is 15.3. The Morgan fingerprint density at radius 2 is 2.18 bits per heavy atom. The molecule has 0 fully saturated rings. The molecule has 0 aromatic carbocycles. The molecule has 28 heavy (non-hydrogen) atoms. The topological polar surface area (TPSA) is 105 Å². The number of thiazole rings is 1. The van der Waals surface area contributed by atoms with Gasteiger partial charge in [-0.25, -0.2) is 9.97 Å². The van der Waals surface area contributed by atoms with E-state index in [9.17, 15) is 9.59 Å². The predicted octanol–water partition coefficient (Wildman–Crippen LogP) is 2.49. The van der Waals surface area contributed by atoms with Crippen LogP contribution in [0.1, 0.15) is 24.2 Å². The van der Waals surface area contributed by atoms with Gasteiger partial charge in [0.05, 0.1) is 10.9 Å². The van der Waals surface area contributed by atoms with Gasteiger partial charge in [-0.05, 0) is 24.1 Å². The third-order valence-corrected chi connectivity index (χ3v) is 4.95. The number of hydrogen-bond acceptors (Lipinski definition) is 6. The molecule has 0 radical (unpaired) electrons. The highest BCUT2D eigenvalue weighted by Crippen LogP contribution is 2.15. The Labute approximate surface area is 163 Å². The van der Waals surface area contributed by atoms with Crippen LogP contribution in [-0.4, -0.2) is 24.8 Å². The van der Waals surface area contributed by atoms with Crippen LogP contribution in [0, 0.1) is 11.3 Å². The van der Waals surface area contributed by atoms with E-state index >= 15 is 0 Å². The Balaban J connectivity index is 2.01. The first-order valence-electron chi connectivity index (χ1n) is 8.76. The molecule has 4 aromatic heterocycles. The van der Waals surface area contributed by atoms with E-state index in [-0.39, 0.29) is 22.5 Å². The molecule has 0 spiro atoms. The van der Waals surface area contributed by atoms with Crippen LogP contribution in [-0.2, 0) is 6.54 Å². The van der Waals surface area contributed by atoms with Crippen LogP contribution in [0.5, 0.6) is 0 Å². The van der Waals surface area contributed by atoms with Crippen molar-refractivity contribution in [2.45, 2.75) is 20.4 Å². The quantitative estimate of drug-likeness (QED) is 0.519. The van der Waals surface area contributed by atoms with Gasteiger partial charge in [-0.15, -0.1) is 11.3 Å². The smallest absolute Gasteiger partial charge is 0.267 e. The van der Waals surface area contributed by atoms with Crippen LogP contribution in [0.15, 0.2) is 46.8 Å². The predicted molar refractivity (Wildman–Crippen MR) is 108 cm³/mol. The van der Waals surface area contributed by atoms with E-state index < -0.39 is 5.91 Å². The fraction of sp³-hybridized carbons (Fsp3) is 0.211. The van der Waals surface area contributed by atoms with Crippen molar-refractivity contribution in [2.75, 3.05) is 5.32 Å². The third-order valence-electron chi connectivity index (χ3n) is 4.26. The number of rotatable bonds is 4. The van der Waals surface area contributed by atoms with Gasteiger partial charge in [0, 0.05) is 24.3 Å². The molecule has 0 aliphatic rings. The Kier molecular flexibility index (Phi) is 4.52. The van der Waals surface area contributed by atoms with Crippen molar-refractivity contribution in [1.29, 1.82) is 5.41 Å². The second-order valence-electron chi connectivity index (χ2n) is 6.79. The molecule has 0 atom stereocenters. The lowest BCUT2D eigenvalue weighted by Crippen LogP contribution is -2.33. The lowest BCUT2D eigenvalue weighted by molar-refractivity contribution is 0.102. The number of carbonyl (C=O) groups is 1. The average molecular weight is 394 g/mol. The minimum atomic E-state index is -0.475. The first kappa shape index (κ1) is 18.1. The minimum Gasteiger partial charge on any atom is -0.310 e. The number of amides is 1. The first-order valence-corrected chi connectivity index (χ1v) is 9.64. The Bertz CT molecular complexity index is 1300. The molecule has 0 bridgehead atoms. The fourth-order valence-corrected chi connectivity index (χ4v) is 3.58. The number of fused-ring (bicyclic) bond motifs is 2. The summed E-state index contributed by atoms with van der Waals surface area (Å²) >= 11 is 1.29. The van der Waals surface area contributed by atoms with E-state index in [1.165, 1.54) is 21.8 Å². The summed E-state index contributed by atoms with van der Waals surface area (Å²) in [6.45, 7) is 4.48. The third kappa shape index (κ3) is 3.09. The average Bonchev–Trinajstić information content (AvgIpc) is 3.17. The van der Waals surface area contributed by atoms with E-state index in [2.05, 4.69) is 15.3 Å². The van der Waals surface area contributed by atoms with Gasteiger partial charge >= 0.3 is 0 Å². The van der Waals surface area contributed by atoms with Gasteiger partial charge in [0.15, 0.2) is 5.13 Å². The summed E-state index contributed by atoms with van der Waals surface area (Å²) in [7, 11) is 0. The van der Waals surface area contributed by atoms with Gasteiger partial charge < -0.3 is 4.57 Å². The minimum absolute atomic E-state index is 0.0161. The summed E-state index contributed by atoms with van der Waals surface area (Å²) in [5.41, 5.74) is 0.750. The molecule has 4 aromatic rings. The van der Waals surface area contributed by atoms with Crippen LogP contribution in [0.3, 0.4) is 0 Å². The highest BCUT2D eigenvalue weighted by atomic mass is 32.1. The Hall–Kier alpha value is -3.33. The Morgan fingerprint density at radius 3 is 2.89 bits per heavy atom. The highest BCUT2D eigenvalue weighted by Gasteiger charge is 2.18. The van der Waals surface area contributed by atoms with E-state index in [1.807, 2.05) is 13.8 Å². The number of pyridine rings is 2. The fourth-order valence-electron chi connectivity index (χ4n) is 3.05. The second-order valence-corrected chi connectivity index (χ2v) is 7.68. The summed E-state index contributed by atoms with van der Waals surface area (Å²) in [5, 5.41) is 13.8. The molecule has 8 nitrogen and oxygen atoms in total. The van der Waals surface area contributed by atoms with Gasteiger partial charge in [0.2, 0.25) is 0 Å². The number of anilines is 1. The molecule has 0 aliphatic carbocycles. The van der Waals surface area contributed by atoms with Crippen molar-refractivity contribution in [3.63, 3.8) is 0 Å². The van der Waals surface area contributed by atoms with Gasteiger partial charge in [-0.2, -0.15) is 0 Å². The molecule has 4 heterocycles. The zero-order valence-corrected chi connectivity index (χ0v) is 16.2. The van der Waals surface area contributed by atoms with Crippen molar-refractivity contribution < 1.29 is 4.79 Å². The standard InChI is InChI=1S/C19H18N6O2S/c1-11(2)10-25-15(20)12(17(26)23-19-21-6-8-28-19)9-13-16(25)22-14-5-3-4-7-24(14)18(13)27/h3-9,11,20H,10H2,1-2H3,(H,21,23,26). The number of aromatic nitrogens is 4. The molecule has 142 valence electrons. The number of nitrogens with zero attached hydrogens (tertiary/aromatic N) is 4. The molecule has 2 N–H and O–H groups in total. The van der Waals surface area contributed by atoms with E-state index in [0.29, 0.717) is 28.4 Å². The maximum Gasteiger partial charge on any atom is 0.267 e. The number of hydrogen-bond donors (Lipinski definition) is 2. The van der Waals surface area contributed by atoms with E-state index in [1.54, 1.807) is 40.5 Å². The van der Waals surface area contributed by atoms with Crippen LogP contribution in [0.2, 0.25) is 0 Å². The summed E-state index contributed by atoms with van der Waals surface area (Å²) < 4.78 is 3.07. The second kappa shape index (κ2) is 7.01. The normalized spacial score (nSPS) is 11.4. The van der Waals surface area contributed by atoms with Crippen LogP contribution >= 0.6 is 11.3 Å². The molecule has 0 unspecified atom stereocenters.